The topological polar surface area (TPSA) is 59.4 Å². The van der Waals surface area contributed by atoms with E-state index in [1.165, 1.54) is 0 Å². The second kappa shape index (κ2) is 8.38. The number of fused-ring (bicyclic) bond motifs is 1. The molecule has 0 amide bonds. The molecular weight excluding hydrogens is 430 g/mol. The number of ether oxygens (including phenoxy) is 1. The number of nitrogens with zero attached hydrogens (tertiary/aromatic N) is 1. The van der Waals surface area contributed by atoms with E-state index in [9.17, 15) is 9.90 Å². The summed E-state index contributed by atoms with van der Waals surface area (Å²) < 4.78 is 6.60. The molecule has 4 nitrogen and oxygen atoms in total. The first kappa shape index (κ1) is 19.8. The molecule has 0 aliphatic heterocycles. The van der Waals surface area contributed by atoms with Crippen molar-refractivity contribution in [1.29, 1.82) is 0 Å². The van der Waals surface area contributed by atoms with Crippen LogP contribution in [0.5, 0.6) is 0 Å². The van der Waals surface area contributed by atoms with Crippen molar-refractivity contribution in [3.05, 3.63) is 63.2 Å². The third-order valence-corrected chi connectivity index (χ3v) is 5.03. The number of carboxylic acid groups (broad SMARTS) is 1. The molecule has 0 aliphatic rings. The maximum atomic E-state index is 12.0. The van der Waals surface area contributed by atoms with Gasteiger partial charge < -0.3 is 9.84 Å². The summed E-state index contributed by atoms with van der Waals surface area (Å²) in [6, 6.07) is 13.2. The Labute approximate surface area is 171 Å². The molecule has 1 N–H and O–H groups in total. The molecule has 27 heavy (non-hydrogen) atoms. The monoisotopic (exact) mass is 447 g/mol. The first-order chi connectivity index (χ1) is 12.9. The molecule has 0 bridgehead atoms. The zero-order valence-electron chi connectivity index (χ0n) is 15.0. The number of hydrogen-bond donors (Lipinski definition) is 1. The highest BCUT2D eigenvalue weighted by atomic mass is 79.9. The minimum absolute atomic E-state index is 0.354. The Bertz CT molecular complexity index is 989. The SMILES string of the molecule is CCCOC(C(=O)O)c1c(C)nc2ccc(Br)cc2c1-c1ccc(Cl)cc1. The second-order valence-corrected chi connectivity index (χ2v) is 7.60. The van der Waals surface area contributed by atoms with Crippen molar-refractivity contribution >= 4 is 44.4 Å². The third-order valence-electron chi connectivity index (χ3n) is 4.28. The average Bonchev–Trinajstić information content (AvgIpc) is 2.63. The summed E-state index contributed by atoms with van der Waals surface area (Å²) in [7, 11) is 0. The smallest absolute Gasteiger partial charge is 0.337 e. The van der Waals surface area contributed by atoms with Crippen LogP contribution in [0.3, 0.4) is 0 Å². The van der Waals surface area contributed by atoms with E-state index in [1.807, 2.05) is 44.2 Å². The first-order valence-corrected chi connectivity index (χ1v) is 9.79. The fraction of sp³-hybridized carbons (Fsp3) is 0.238. The minimum atomic E-state index is -1.09. The minimum Gasteiger partial charge on any atom is -0.479 e. The van der Waals surface area contributed by atoms with E-state index in [4.69, 9.17) is 16.3 Å². The van der Waals surface area contributed by atoms with Gasteiger partial charge in [0, 0.05) is 32.7 Å². The lowest BCUT2D eigenvalue weighted by Gasteiger charge is -2.21. The van der Waals surface area contributed by atoms with Crippen molar-refractivity contribution < 1.29 is 14.6 Å². The van der Waals surface area contributed by atoms with Crippen LogP contribution in [0.2, 0.25) is 5.02 Å². The molecular formula is C21H19BrClNO3. The predicted molar refractivity (Wildman–Crippen MR) is 111 cm³/mol. The van der Waals surface area contributed by atoms with Gasteiger partial charge >= 0.3 is 5.97 Å². The van der Waals surface area contributed by atoms with Gasteiger partial charge in [-0.3, -0.25) is 4.98 Å². The maximum Gasteiger partial charge on any atom is 0.337 e. The number of aromatic nitrogens is 1. The van der Waals surface area contributed by atoms with Gasteiger partial charge in [-0.2, -0.15) is 0 Å². The Morgan fingerprint density at radius 2 is 1.96 bits per heavy atom. The molecule has 6 heteroatoms. The van der Waals surface area contributed by atoms with Crippen LogP contribution in [-0.2, 0) is 9.53 Å². The molecule has 2 aromatic carbocycles. The molecule has 3 aromatic rings. The number of pyridine rings is 1. The van der Waals surface area contributed by atoms with E-state index in [0.29, 0.717) is 22.9 Å². The highest BCUT2D eigenvalue weighted by molar-refractivity contribution is 9.10. The quantitative estimate of drug-likeness (QED) is 0.489. The molecule has 1 atom stereocenters. The largest absolute Gasteiger partial charge is 0.479 e. The van der Waals surface area contributed by atoms with Gasteiger partial charge in [-0.1, -0.05) is 46.6 Å². The lowest BCUT2D eigenvalue weighted by atomic mass is 9.91. The molecule has 1 heterocycles. The van der Waals surface area contributed by atoms with Crippen molar-refractivity contribution in [2.24, 2.45) is 0 Å². The van der Waals surface area contributed by atoms with Gasteiger partial charge in [-0.25, -0.2) is 4.79 Å². The summed E-state index contributed by atoms with van der Waals surface area (Å²) in [5.74, 6) is -1.03. The number of aryl methyl sites for hydroxylation is 1. The molecule has 1 aromatic heterocycles. The van der Waals surface area contributed by atoms with E-state index in [0.717, 1.165) is 32.9 Å². The normalized spacial score (nSPS) is 12.3. The standard InChI is InChI=1S/C21H19BrClNO3/c1-3-10-27-20(21(25)26)18-12(2)24-17-9-6-14(22)11-16(17)19(18)13-4-7-15(23)8-5-13/h4-9,11,20H,3,10H2,1-2H3,(H,25,26). The zero-order chi connectivity index (χ0) is 19.6. The molecule has 0 saturated heterocycles. The number of benzene rings is 2. The molecule has 0 saturated carbocycles. The van der Waals surface area contributed by atoms with E-state index in [2.05, 4.69) is 20.9 Å². The van der Waals surface area contributed by atoms with Crippen molar-refractivity contribution in [3.8, 4) is 11.1 Å². The molecule has 3 rings (SSSR count). The van der Waals surface area contributed by atoms with Crippen LogP contribution in [0.25, 0.3) is 22.0 Å². The Morgan fingerprint density at radius 3 is 2.59 bits per heavy atom. The average molecular weight is 449 g/mol. The van der Waals surface area contributed by atoms with Gasteiger partial charge in [0.15, 0.2) is 6.10 Å². The lowest BCUT2D eigenvalue weighted by molar-refractivity contribution is -0.150. The second-order valence-electron chi connectivity index (χ2n) is 6.24. The van der Waals surface area contributed by atoms with Gasteiger partial charge in [-0.15, -0.1) is 0 Å². The Balaban J connectivity index is 2.37. The molecule has 0 fully saturated rings. The summed E-state index contributed by atoms with van der Waals surface area (Å²) in [4.78, 5) is 16.7. The van der Waals surface area contributed by atoms with Gasteiger partial charge in [0.1, 0.15) is 0 Å². The number of hydrogen-bond acceptors (Lipinski definition) is 3. The van der Waals surface area contributed by atoms with Crippen LogP contribution in [0.1, 0.15) is 30.7 Å². The fourth-order valence-electron chi connectivity index (χ4n) is 3.14. The van der Waals surface area contributed by atoms with E-state index < -0.39 is 12.1 Å². The highest BCUT2D eigenvalue weighted by Crippen LogP contribution is 2.39. The van der Waals surface area contributed by atoms with Crippen molar-refractivity contribution in [1.82, 2.24) is 4.98 Å². The van der Waals surface area contributed by atoms with Crippen molar-refractivity contribution in [2.45, 2.75) is 26.4 Å². The van der Waals surface area contributed by atoms with Gasteiger partial charge in [0.2, 0.25) is 0 Å². The summed E-state index contributed by atoms with van der Waals surface area (Å²) in [6.07, 6.45) is -0.363. The van der Waals surface area contributed by atoms with Crippen LogP contribution in [-0.4, -0.2) is 22.7 Å². The van der Waals surface area contributed by atoms with E-state index in [-0.39, 0.29) is 0 Å². The summed E-state index contributed by atoms with van der Waals surface area (Å²) in [5, 5.41) is 11.3. The van der Waals surface area contributed by atoms with Crippen molar-refractivity contribution in [2.75, 3.05) is 6.61 Å². The predicted octanol–water partition coefficient (Wildman–Crippen LogP) is 6.18. The Morgan fingerprint density at radius 1 is 1.26 bits per heavy atom. The van der Waals surface area contributed by atoms with Crippen LogP contribution in [0, 0.1) is 6.92 Å². The fourth-order valence-corrected chi connectivity index (χ4v) is 3.62. The lowest BCUT2D eigenvalue weighted by Crippen LogP contribution is -2.19. The van der Waals surface area contributed by atoms with Crippen LogP contribution >= 0.6 is 27.5 Å². The molecule has 0 aliphatic carbocycles. The highest BCUT2D eigenvalue weighted by Gasteiger charge is 2.28. The number of carbonyl (C=O) groups is 1. The van der Waals surface area contributed by atoms with Crippen LogP contribution in [0.15, 0.2) is 46.9 Å². The number of aliphatic carboxylic acids is 1. The van der Waals surface area contributed by atoms with Crippen LogP contribution < -0.4 is 0 Å². The molecule has 1 unspecified atom stereocenters. The van der Waals surface area contributed by atoms with Gasteiger partial charge in [0.05, 0.1) is 5.52 Å². The molecule has 0 radical (unpaired) electrons. The summed E-state index contributed by atoms with van der Waals surface area (Å²) in [5.41, 5.74) is 3.68. The summed E-state index contributed by atoms with van der Waals surface area (Å²) >= 11 is 9.56. The number of rotatable bonds is 6. The van der Waals surface area contributed by atoms with E-state index in [1.54, 1.807) is 12.1 Å². The molecule has 0 spiro atoms. The number of carboxylic acids is 1. The van der Waals surface area contributed by atoms with Gasteiger partial charge in [-0.05, 0) is 54.8 Å². The van der Waals surface area contributed by atoms with Crippen molar-refractivity contribution in [3.63, 3.8) is 0 Å². The van der Waals surface area contributed by atoms with Gasteiger partial charge in [0.25, 0.3) is 0 Å². The van der Waals surface area contributed by atoms with E-state index >= 15 is 0 Å². The Kier molecular flexibility index (Phi) is 6.15. The maximum absolute atomic E-state index is 12.0. The zero-order valence-corrected chi connectivity index (χ0v) is 17.3. The third kappa shape index (κ3) is 4.15. The Hall–Kier alpha value is -1.95. The molecule has 140 valence electrons. The number of halogens is 2. The van der Waals surface area contributed by atoms with Crippen LogP contribution in [0.4, 0.5) is 0 Å². The first-order valence-electron chi connectivity index (χ1n) is 8.62. The summed E-state index contributed by atoms with van der Waals surface area (Å²) in [6.45, 7) is 4.12.